The van der Waals surface area contributed by atoms with E-state index < -0.39 is 0 Å². The SMILES string of the molecule is CCc1cnc(C2CN(C(C)C)CCO2)s1. The van der Waals surface area contributed by atoms with Gasteiger partial charge in [-0.05, 0) is 20.3 Å². The average molecular weight is 240 g/mol. The number of hydrogen-bond acceptors (Lipinski definition) is 4. The van der Waals surface area contributed by atoms with Gasteiger partial charge in [-0.1, -0.05) is 6.92 Å². The van der Waals surface area contributed by atoms with Crippen molar-refractivity contribution in [2.75, 3.05) is 19.7 Å². The molecule has 0 N–H and O–H groups in total. The van der Waals surface area contributed by atoms with E-state index in [4.69, 9.17) is 4.74 Å². The van der Waals surface area contributed by atoms with Crippen LogP contribution >= 0.6 is 11.3 Å². The van der Waals surface area contributed by atoms with Crippen LogP contribution in [0.1, 0.15) is 36.8 Å². The molecule has 1 fully saturated rings. The summed E-state index contributed by atoms with van der Waals surface area (Å²) < 4.78 is 5.81. The molecule has 2 heterocycles. The summed E-state index contributed by atoms with van der Waals surface area (Å²) in [5.74, 6) is 0. The highest BCUT2D eigenvalue weighted by molar-refractivity contribution is 7.11. The summed E-state index contributed by atoms with van der Waals surface area (Å²) in [6, 6.07) is 0.594. The van der Waals surface area contributed by atoms with Crippen molar-refractivity contribution in [1.82, 2.24) is 9.88 Å². The van der Waals surface area contributed by atoms with Gasteiger partial charge in [-0.3, -0.25) is 4.90 Å². The molecule has 90 valence electrons. The Hall–Kier alpha value is -0.450. The number of thiazole rings is 1. The predicted octanol–water partition coefficient (Wildman–Crippen LogP) is 2.49. The second-order valence-corrected chi connectivity index (χ2v) is 5.61. The molecule has 3 nitrogen and oxygen atoms in total. The molecule has 1 aromatic heterocycles. The molecule has 0 aliphatic carbocycles. The van der Waals surface area contributed by atoms with Gasteiger partial charge in [0.05, 0.1) is 6.61 Å². The Morgan fingerprint density at radius 1 is 1.62 bits per heavy atom. The minimum atomic E-state index is 0.182. The fourth-order valence-electron chi connectivity index (χ4n) is 1.92. The molecule has 0 spiro atoms. The minimum absolute atomic E-state index is 0.182. The first-order valence-corrected chi connectivity index (χ1v) is 6.82. The molecule has 16 heavy (non-hydrogen) atoms. The Labute approximate surface area is 101 Å². The van der Waals surface area contributed by atoms with Crippen LogP contribution in [0.5, 0.6) is 0 Å². The van der Waals surface area contributed by atoms with Gasteiger partial charge in [-0.15, -0.1) is 11.3 Å². The average Bonchev–Trinajstić information content (AvgIpc) is 2.77. The van der Waals surface area contributed by atoms with Gasteiger partial charge in [-0.2, -0.15) is 0 Å². The van der Waals surface area contributed by atoms with Crippen LogP contribution in [0.3, 0.4) is 0 Å². The Balaban J connectivity index is 2.03. The maximum absolute atomic E-state index is 5.81. The van der Waals surface area contributed by atoms with Crippen LogP contribution in [0.15, 0.2) is 6.20 Å². The second-order valence-electron chi connectivity index (χ2n) is 4.47. The highest BCUT2D eigenvalue weighted by Crippen LogP contribution is 2.27. The molecule has 1 unspecified atom stereocenters. The van der Waals surface area contributed by atoms with Crippen molar-refractivity contribution in [3.8, 4) is 0 Å². The molecular formula is C12H20N2OS. The van der Waals surface area contributed by atoms with E-state index in [0.717, 1.165) is 31.1 Å². The van der Waals surface area contributed by atoms with Gasteiger partial charge in [0.1, 0.15) is 11.1 Å². The number of ether oxygens (including phenoxy) is 1. The zero-order valence-corrected chi connectivity index (χ0v) is 11.1. The van der Waals surface area contributed by atoms with Crippen molar-refractivity contribution < 1.29 is 4.74 Å². The lowest BCUT2D eigenvalue weighted by Gasteiger charge is -2.34. The van der Waals surface area contributed by atoms with E-state index in [0.29, 0.717) is 6.04 Å². The normalized spacial score (nSPS) is 22.9. The summed E-state index contributed by atoms with van der Waals surface area (Å²) >= 11 is 1.79. The van der Waals surface area contributed by atoms with E-state index in [1.165, 1.54) is 4.88 Å². The van der Waals surface area contributed by atoms with E-state index in [1.807, 2.05) is 6.20 Å². The van der Waals surface area contributed by atoms with Gasteiger partial charge in [0.25, 0.3) is 0 Å². The van der Waals surface area contributed by atoms with Crippen LogP contribution in [0.2, 0.25) is 0 Å². The number of rotatable bonds is 3. The van der Waals surface area contributed by atoms with E-state index >= 15 is 0 Å². The lowest BCUT2D eigenvalue weighted by Crippen LogP contribution is -2.42. The molecule has 1 atom stereocenters. The molecule has 4 heteroatoms. The van der Waals surface area contributed by atoms with Gasteiger partial charge >= 0.3 is 0 Å². The number of hydrogen-bond donors (Lipinski definition) is 0. The van der Waals surface area contributed by atoms with Gasteiger partial charge in [0.2, 0.25) is 0 Å². The first-order chi connectivity index (χ1) is 7.70. The van der Waals surface area contributed by atoms with Crippen LogP contribution in [-0.4, -0.2) is 35.6 Å². The molecular weight excluding hydrogens is 220 g/mol. The molecule has 1 aliphatic rings. The zero-order chi connectivity index (χ0) is 11.5. The van der Waals surface area contributed by atoms with Crippen LogP contribution < -0.4 is 0 Å². The molecule has 0 amide bonds. The van der Waals surface area contributed by atoms with Gasteiger partial charge < -0.3 is 4.74 Å². The van der Waals surface area contributed by atoms with Crippen molar-refractivity contribution in [2.45, 2.75) is 39.3 Å². The maximum Gasteiger partial charge on any atom is 0.123 e. The third kappa shape index (κ3) is 2.62. The number of morpholine rings is 1. The van der Waals surface area contributed by atoms with Gasteiger partial charge in [0.15, 0.2) is 0 Å². The first kappa shape index (κ1) is 12.0. The molecule has 0 radical (unpaired) electrons. The van der Waals surface area contributed by atoms with Crippen LogP contribution in [-0.2, 0) is 11.2 Å². The Bertz CT molecular complexity index is 338. The summed E-state index contributed by atoms with van der Waals surface area (Å²) in [5.41, 5.74) is 0. The molecule has 2 rings (SSSR count). The highest BCUT2D eigenvalue weighted by Gasteiger charge is 2.25. The van der Waals surface area contributed by atoms with Crippen molar-refractivity contribution in [1.29, 1.82) is 0 Å². The number of nitrogens with zero attached hydrogens (tertiary/aromatic N) is 2. The monoisotopic (exact) mass is 240 g/mol. The molecule has 0 bridgehead atoms. The summed E-state index contributed by atoms with van der Waals surface area (Å²) in [5, 5.41) is 1.14. The topological polar surface area (TPSA) is 25.4 Å². The third-order valence-corrected chi connectivity index (χ3v) is 4.26. The summed E-state index contributed by atoms with van der Waals surface area (Å²) in [4.78, 5) is 8.28. The summed E-state index contributed by atoms with van der Waals surface area (Å²) in [6.07, 6.45) is 3.23. The van der Waals surface area contributed by atoms with E-state index in [-0.39, 0.29) is 6.10 Å². The first-order valence-electron chi connectivity index (χ1n) is 6.01. The summed E-state index contributed by atoms with van der Waals surface area (Å²) in [6.45, 7) is 9.49. The molecule has 1 aromatic rings. The zero-order valence-electron chi connectivity index (χ0n) is 10.3. The Kier molecular flexibility index (Phi) is 3.95. The predicted molar refractivity (Wildman–Crippen MR) is 66.9 cm³/mol. The minimum Gasteiger partial charge on any atom is -0.368 e. The molecule has 1 saturated heterocycles. The standard InChI is InChI=1S/C12H20N2OS/c1-4-10-7-13-12(16-10)11-8-14(9(2)3)5-6-15-11/h7,9,11H,4-6,8H2,1-3H3. The van der Waals surface area contributed by atoms with Crippen LogP contribution in [0.4, 0.5) is 0 Å². The van der Waals surface area contributed by atoms with Gasteiger partial charge in [-0.25, -0.2) is 4.98 Å². The molecule has 0 aromatic carbocycles. The lowest BCUT2D eigenvalue weighted by atomic mass is 10.2. The highest BCUT2D eigenvalue weighted by atomic mass is 32.1. The fourth-order valence-corrected chi connectivity index (χ4v) is 2.82. The van der Waals surface area contributed by atoms with Crippen molar-refractivity contribution >= 4 is 11.3 Å². The quantitative estimate of drug-likeness (QED) is 0.811. The van der Waals surface area contributed by atoms with Crippen molar-refractivity contribution in [2.24, 2.45) is 0 Å². The summed E-state index contributed by atoms with van der Waals surface area (Å²) in [7, 11) is 0. The van der Waals surface area contributed by atoms with Gasteiger partial charge in [0, 0.05) is 30.2 Å². The lowest BCUT2D eigenvalue weighted by molar-refractivity contribution is -0.0402. The van der Waals surface area contributed by atoms with Crippen molar-refractivity contribution in [3.05, 3.63) is 16.1 Å². The largest absolute Gasteiger partial charge is 0.368 e. The number of aromatic nitrogens is 1. The maximum atomic E-state index is 5.81. The third-order valence-electron chi connectivity index (χ3n) is 3.02. The smallest absolute Gasteiger partial charge is 0.123 e. The van der Waals surface area contributed by atoms with E-state index in [1.54, 1.807) is 11.3 Å². The fraction of sp³-hybridized carbons (Fsp3) is 0.750. The van der Waals surface area contributed by atoms with Crippen molar-refractivity contribution in [3.63, 3.8) is 0 Å². The van der Waals surface area contributed by atoms with Crippen LogP contribution in [0.25, 0.3) is 0 Å². The molecule has 1 aliphatic heterocycles. The number of aryl methyl sites for hydroxylation is 1. The Morgan fingerprint density at radius 2 is 2.44 bits per heavy atom. The molecule has 0 saturated carbocycles. The Morgan fingerprint density at radius 3 is 3.06 bits per heavy atom. The van der Waals surface area contributed by atoms with E-state index in [2.05, 4.69) is 30.7 Å². The van der Waals surface area contributed by atoms with E-state index in [9.17, 15) is 0 Å². The second kappa shape index (κ2) is 5.25. The van der Waals surface area contributed by atoms with Crippen LogP contribution in [0, 0.1) is 0 Å².